The molecule has 1 aliphatic rings. The van der Waals surface area contributed by atoms with Crippen LogP contribution >= 0.6 is 0 Å². The third-order valence-electron chi connectivity index (χ3n) is 5.30. The lowest BCUT2D eigenvalue weighted by Gasteiger charge is -2.27. The second-order valence-electron chi connectivity index (χ2n) is 7.48. The Morgan fingerprint density at radius 2 is 1.97 bits per heavy atom. The molecular weight excluding hydrogens is 384 g/mol. The van der Waals surface area contributed by atoms with E-state index >= 15 is 0 Å². The molecule has 1 atom stereocenters. The highest BCUT2D eigenvalue weighted by Crippen LogP contribution is 2.32. The molecule has 3 aromatic rings. The van der Waals surface area contributed by atoms with Gasteiger partial charge in [0.25, 0.3) is 5.91 Å². The van der Waals surface area contributed by atoms with Crippen molar-refractivity contribution in [2.45, 2.75) is 33.2 Å². The zero-order chi connectivity index (χ0) is 21.4. The van der Waals surface area contributed by atoms with Crippen molar-refractivity contribution < 1.29 is 18.7 Å². The highest BCUT2D eigenvalue weighted by Gasteiger charge is 2.29. The normalized spacial score (nSPS) is 16.0. The maximum Gasteiger partial charge on any atom is 0.336 e. The number of carbonyl (C=O) groups excluding carboxylic acids is 2. The summed E-state index contributed by atoms with van der Waals surface area (Å²) in [6.45, 7) is 5.25. The Morgan fingerprint density at radius 3 is 2.77 bits per heavy atom. The van der Waals surface area contributed by atoms with Gasteiger partial charge >= 0.3 is 5.63 Å². The standard InChI is InChI=1S/C23H22N2O5/c1-13-10-22(28)30-23-15(3)19(9-8-16(13)23)29-12-21(27)25-14(2)11-20(26)24-17-6-4-5-7-18(17)25/h4-10,14H,11-12H2,1-3H3,(H,24,26)/t14-/m0/s1. The van der Waals surface area contributed by atoms with Crippen molar-refractivity contribution in [3.8, 4) is 5.75 Å². The molecule has 4 rings (SSSR count). The summed E-state index contributed by atoms with van der Waals surface area (Å²) in [5, 5.41) is 3.66. The Kier molecular flexibility index (Phi) is 5.03. The van der Waals surface area contributed by atoms with Gasteiger partial charge in [-0.1, -0.05) is 12.1 Å². The van der Waals surface area contributed by atoms with Crippen molar-refractivity contribution in [3.63, 3.8) is 0 Å². The maximum absolute atomic E-state index is 13.1. The Morgan fingerprint density at radius 1 is 1.20 bits per heavy atom. The van der Waals surface area contributed by atoms with Crippen LogP contribution in [-0.4, -0.2) is 24.5 Å². The summed E-state index contributed by atoms with van der Waals surface area (Å²) >= 11 is 0. The molecule has 1 N–H and O–H groups in total. The number of ether oxygens (including phenoxy) is 1. The molecule has 154 valence electrons. The molecule has 0 aliphatic carbocycles. The van der Waals surface area contributed by atoms with E-state index in [0.717, 1.165) is 10.9 Å². The average molecular weight is 406 g/mol. The van der Waals surface area contributed by atoms with Crippen LogP contribution in [0.3, 0.4) is 0 Å². The van der Waals surface area contributed by atoms with Crippen LogP contribution in [0.5, 0.6) is 5.75 Å². The number of benzene rings is 2. The van der Waals surface area contributed by atoms with Crippen molar-refractivity contribution in [2.75, 3.05) is 16.8 Å². The first kappa shape index (κ1) is 19.7. The first-order valence-corrected chi connectivity index (χ1v) is 9.73. The highest BCUT2D eigenvalue weighted by atomic mass is 16.5. The van der Waals surface area contributed by atoms with Gasteiger partial charge in [-0.2, -0.15) is 0 Å². The summed E-state index contributed by atoms with van der Waals surface area (Å²) < 4.78 is 11.2. The number of para-hydroxylation sites is 2. The van der Waals surface area contributed by atoms with Crippen molar-refractivity contribution in [1.29, 1.82) is 0 Å². The zero-order valence-corrected chi connectivity index (χ0v) is 17.0. The van der Waals surface area contributed by atoms with Crippen LogP contribution in [0.15, 0.2) is 51.7 Å². The van der Waals surface area contributed by atoms with Gasteiger partial charge < -0.3 is 19.4 Å². The predicted octanol–water partition coefficient (Wildman–Crippen LogP) is 3.55. The van der Waals surface area contributed by atoms with Crippen molar-refractivity contribution in [1.82, 2.24) is 0 Å². The van der Waals surface area contributed by atoms with E-state index in [9.17, 15) is 14.4 Å². The van der Waals surface area contributed by atoms with Gasteiger partial charge in [-0.15, -0.1) is 0 Å². The van der Waals surface area contributed by atoms with E-state index in [-0.39, 0.29) is 30.9 Å². The molecule has 2 aromatic carbocycles. The zero-order valence-electron chi connectivity index (χ0n) is 17.0. The molecule has 0 saturated heterocycles. The van der Waals surface area contributed by atoms with Gasteiger partial charge in [-0.05, 0) is 50.6 Å². The number of carbonyl (C=O) groups is 2. The van der Waals surface area contributed by atoms with Crippen LogP contribution in [0.1, 0.15) is 24.5 Å². The molecule has 2 heterocycles. The first-order valence-electron chi connectivity index (χ1n) is 9.73. The number of nitrogens with one attached hydrogen (secondary N) is 1. The molecule has 1 aromatic heterocycles. The SMILES string of the molecule is Cc1cc(=O)oc2c(C)c(OCC(=O)N3c4ccccc4NC(=O)C[C@@H]3C)ccc12. The second-order valence-corrected chi connectivity index (χ2v) is 7.48. The fraction of sp³-hybridized carbons (Fsp3) is 0.261. The molecular formula is C23H22N2O5. The molecule has 0 saturated carbocycles. The molecule has 0 fully saturated rings. The lowest BCUT2D eigenvalue weighted by molar-refractivity contribution is -0.121. The third-order valence-corrected chi connectivity index (χ3v) is 5.30. The highest BCUT2D eigenvalue weighted by molar-refractivity contribution is 6.04. The van der Waals surface area contributed by atoms with E-state index in [1.165, 1.54) is 6.07 Å². The molecule has 7 nitrogen and oxygen atoms in total. The number of fused-ring (bicyclic) bond motifs is 2. The van der Waals surface area contributed by atoms with Crippen LogP contribution in [0, 0.1) is 13.8 Å². The van der Waals surface area contributed by atoms with E-state index in [1.807, 2.05) is 32.0 Å². The van der Waals surface area contributed by atoms with E-state index in [2.05, 4.69) is 5.32 Å². The number of anilines is 2. The van der Waals surface area contributed by atoms with Crippen LogP contribution < -0.4 is 20.6 Å². The number of amides is 2. The molecule has 0 radical (unpaired) electrons. The summed E-state index contributed by atoms with van der Waals surface area (Å²) in [5.74, 6) is 0.0631. The van der Waals surface area contributed by atoms with Gasteiger partial charge in [-0.3, -0.25) is 9.59 Å². The van der Waals surface area contributed by atoms with Crippen molar-refractivity contribution in [3.05, 3.63) is 64.0 Å². The Labute approximate surface area is 173 Å². The molecule has 0 unspecified atom stereocenters. The number of hydrogen-bond donors (Lipinski definition) is 1. The summed E-state index contributed by atoms with van der Waals surface area (Å²) in [7, 11) is 0. The summed E-state index contributed by atoms with van der Waals surface area (Å²) in [5.41, 5.74) is 2.73. The quantitative estimate of drug-likeness (QED) is 0.672. The van der Waals surface area contributed by atoms with Gasteiger partial charge in [0.2, 0.25) is 5.91 Å². The van der Waals surface area contributed by atoms with E-state index in [1.54, 1.807) is 30.0 Å². The van der Waals surface area contributed by atoms with Crippen LogP contribution in [-0.2, 0) is 9.59 Å². The minimum atomic E-state index is -0.427. The third kappa shape index (κ3) is 3.54. The Balaban J connectivity index is 1.61. The predicted molar refractivity (Wildman–Crippen MR) is 114 cm³/mol. The summed E-state index contributed by atoms with van der Waals surface area (Å²) in [6.07, 6.45) is 0.194. The number of rotatable bonds is 3. The monoisotopic (exact) mass is 406 g/mol. The minimum Gasteiger partial charge on any atom is -0.483 e. The molecule has 0 bridgehead atoms. The molecule has 30 heavy (non-hydrogen) atoms. The molecule has 2 amide bonds. The van der Waals surface area contributed by atoms with Gasteiger partial charge in [0.05, 0.1) is 11.4 Å². The Hall–Kier alpha value is -3.61. The van der Waals surface area contributed by atoms with Gasteiger partial charge in [0, 0.05) is 29.5 Å². The van der Waals surface area contributed by atoms with Crippen molar-refractivity contribution >= 4 is 34.2 Å². The first-order chi connectivity index (χ1) is 14.3. The smallest absolute Gasteiger partial charge is 0.336 e. The maximum atomic E-state index is 13.1. The molecule has 7 heteroatoms. The number of nitrogens with zero attached hydrogens (tertiary/aromatic N) is 1. The summed E-state index contributed by atoms with van der Waals surface area (Å²) in [4.78, 5) is 38.5. The lowest BCUT2D eigenvalue weighted by Crippen LogP contribution is -2.41. The van der Waals surface area contributed by atoms with E-state index in [4.69, 9.17) is 9.15 Å². The van der Waals surface area contributed by atoms with Gasteiger partial charge in [0.1, 0.15) is 11.3 Å². The van der Waals surface area contributed by atoms with Crippen LogP contribution in [0.2, 0.25) is 0 Å². The Bertz CT molecular complexity index is 1210. The topological polar surface area (TPSA) is 88.8 Å². The van der Waals surface area contributed by atoms with Crippen molar-refractivity contribution in [2.24, 2.45) is 0 Å². The van der Waals surface area contributed by atoms with Gasteiger partial charge in [0.15, 0.2) is 6.61 Å². The average Bonchev–Trinajstić information content (AvgIpc) is 2.82. The second kappa shape index (κ2) is 7.67. The largest absolute Gasteiger partial charge is 0.483 e. The van der Waals surface area contributed by atoms with Crippen LogP contribution in [0.25, 0.3) is 11.0 Å². The molecule has 1 aliphatic heterocycles. The molecule has 0 spiro atoms. The fourth-order valence-electron chi connectivity index (χ4n) is 3.83. The van der Waals surface area contributed by atoms with E-state index in [0.29, 0.717) is 28.3 Å². The minimum absolute atomic E-state index is 0.137. The number of aryl methyl sites for hydroxylation is 2. The fourth-order valence-corrected chi connectivity index (χ4v) is 3.83. The summed E-state index contributed by atoms with van der Waals surface area (Å²) in [6, 6.07) is 11.9. The lowest BCUT2D eigenvalue weighted by atomic mass is 10.1. The van der Waals surface area contributed by atoms with Gasteiger partial charge in [-0.25, -0.2) is 4.79 Å². The van der Waals surface area contributed by atoms with Crippen LogP contribution in [0.4, 0.5) is 11.4 Å². The number of hydrogen-bond acceptors (Lipinski definition) is 5. The van der Waals surface area contributed by atoms with E-state index < -0.39 is 5.63 Å².